The number of ether oxygens (including phenoxy) is 1. The second-order valence-corrected chi connectivity index (χ2v) is 6.46. The molecule has 120 valence electrons. The number of carbonyl (C=O) groups excluding carboxylic acids is 2. The van der Waals surface area contributed by atoms with Crippen molar-refractivity contribution in [1.29, 1.82) is 0 Å². The molecule has 0 bridgehead atoms. The highest BCUT2D eigenvalue weighted by molar-refractivity contribution is 6.30. The number of hydrogen-bond donors (Lipinski definition) is 1. The first kappa shape index (κ1) is 16.8. The Kier molecular flexibility index (Phi) is 5.83. The normalized spacial score (nSPS) is 24.6. The van der Waals surface area contributed by atoms with E-state index in [0.29, 0.717) is 22.4 Å². The average molecular weight is 324 g/mol. The van der Waals surface area contributed by atoms with Crippen molar-refractivity contribution in [2.45, 2.75) is 39.2 Å². The Morgan fingerprint density at radius 3 is 2.82 bits per heavy atom. The molecule has 4 nitrogen and oxygen atoms in total. The second kappa shape index (κ2) is 7.63. The lowest BCUT2D eigenvalue weighted by molar-refractivity contribution is -0.125. The van der Waals surface area contributed by atoms with E-state index in [2.05, 4.69) is 19.2 Å². The number of benzene rings is 1. The predicted molar refractivity (Wildman–Crippen MR) is 85.8 cm³/mol. The standard InChI is InChI=1S/C17H22ClNO3/c1-11-5-3-8-15(12(11)2)19-16(20)10-22-17(21)13-6-4-7-14(18)9-13/h4,6-7,9,11-12,15H,3,5,8,10H2,1-2H3,(H,19,20)/t11-,12+,15-/m0/s1. The molecule has 3 atom stereocenters. The van der Waals surface area contributed by atoms with E-state index in [1.54, 1.807) is 18.2 Å². The molecule has 0 heterocycles. The molecular formula is C17H22ClNO3. The van der Waals surface area contributed by atoms with Crippen molar-refractivity contribution in [3.05, 3.63) is 34.9 Å². The lowest BCUT2D eigenvalue weighted by Gasteiger charge is -2.34. The van der Waals surface area contributed by atoms with Crippen LogP contribution in [0.3, 0.4) is 0 Å². The number of rotatable bonds is 4. The fourth-order valence-electron chi connectivity index (χ4n) is 2.86. The van der Waals surface area contributed by atoms with Crippen molar-refractivity contribution in [2.24, 2.45) is 11.8 Å². The average Bonchev–Trinajstić information content (AvgIpc) is 2.49. The summed E-state index contributed by atoms with van der Waals surface area (Å²) in [5, 5.41) is 3.44. The van der Waals surface area contributed by atoms with Gasteiger partial charge < -0.3 is 10.1 Å². The molecule has 1 aliphatic rings. The molecular weight excluding hydrogens is 302 g/mol. The molecule has 1 saturated carbocycles. The summed E-state index contributed by atoms with van der Waals surface area (Å²) >= 11 is 5.82. The molecule has 0 aromatic heterocycles. The van der Waals surface area contributed by atoms with Crippen LogP contribution < -0.4 is 5.32 Å². The van der Waals surface area contributed by atoms with Crippen molar-refractivity contribution in [2.75, 3.05) is 6.61 Å². The van der Waals surface area contributed by atoms with E-state index >= 15 is 0 Å². The number of carbonyl (C=O) groups is 2. The van der Waals surface area contributed by atoms with E-state index in [-0.39, 0.29) is 18.6 Å². The van der Waals surface area contributed by atoms with Gasteiger partial charge in [-0.05, 0) is 36.5 Å². The summed E-state index contributed by atoms with van der Waals surface area (Å²) in [6, 6.07) is 6.64. The van der Waals surface area contributed by atoms with Gasteiger partial charge in [-0.25, -0.2) is 4.79 Å². The number of amides is 1. The molecule has 1 aliphatic carbocycles. The van der Waals surface area contributed by atoms with Gasteiger partial charge in [0.2, 0.25) is 0 Å². The first-order chi connectivity index (χ1) is 10.5. The Bertz CT molecular complexity index is 546. The van der Waals surface area contributed by atoms with Crippen molar-refractivity contribution >= 4 is 23.5 Å². The van der Waals surface area contributed by atoms with E-state index < -0.39 is 5.97 Å². The van der Waals surface area contributed by atoms with Crippen LogP contribution in [0.1, 0.15) is 43.5 Å². The first-order valence-electron chi connectivity index (χ1n) is 7.69. The highest BCUT2D eigenvalue weighted by Crippen LogP contribution is 2.29. The van der Waals surface area contributed by atoms with Crippen molar-refractivity contribution in [3.8, 4) is 0 Å². The Morgan fingerprint density at radius 2 is 2.09 bits per heavy atom. The van der Waals surface area contributed by atoms with Gasteiger partial charge in [-0.1, -0.05) is 44.4 Å². The van der Waals surface area contributed by atoms with Crippen LogP contribution in [0.2, 0.25) is 5.02 Å². The maximum atomic E-state index is 12.0. The van der Waals surface area contributed by atoms with E-state index in [4.69, 9.17) is 16.3 Å². The molecule has 0 radical (unpaired) electrons. The highest BCUT2D eigenvalue weighted by atomic mass is 35.5. The summed E-state index contributed by atoms with van der Waals surface area (Å²) in [5.74, 6) is 0.262. The Morgan fingerprint density at radius 1 is 1.32 bits per heavy atom. The molecule has 0 saturated heterocycles. The third-order valence-electron chi connectivity index (χ3n) is 4.45. The van der Waals surface area contributed by atoms with Crippen LogP contribution in [0, 0.1) is 11.8 Å². The zero-order valence-electron chi connectivity index (χ0n) is 13.0. The zero-order valence-corrected chi connectivity index (χ0v) is 13.7. The van der Waals surface area contributed by atoms with Gasteiger partial charge in [0.15, 0.2) is 6.61 Å². The minimum Gasteiger partial charge on any atom is -0.452 e. The van der Waals surface area contributed by atoms with Crippen LogP contribution in [0.5, 0.6) is 0 Å². The lowest BCUT2D eigenvalue weighted by atomic mass is 9.78. The Hall–Kier alpha value is -1.55. The maximum absolute atomic E-state index is 12.0. The fourth-order valence-corrected chi connectivity index (χ4v) is 3.05. The van der Waals surface area contributed by atoms with Gasteiger partial charge in [-0.15, -0.1) is 0 Å². The molecule has 22 heavy (non-hydrogen) atoms. The van der Waals surface area contributed by atoms with E-state index in [1.165, 1.54) is 12.5 Å². The third-order valence-corrected chi connectivity index (χ3v) is 4.68. The highest BCUT2D eigenvalue weighted by Gasteiger charge is 2.28. The van der Waals surface area contributed by atoms with Crippen molar-refractivity contribution in [1.82, 2.24) is 5.32 Å². The third kappa shape index (κ3) is 4.47. The topological polar surface area (TPSA) is 55.4 Å². The molecule has 2 rings (SSSR count). The summed E-state index contributed by atoms with van der Waals surface area (Å²) in [7, 11) is 0. The quantitative estimate of drug-likeness (QED) is 0.864. The Balaban J connectivity index is 1.81. The van der Waals surface area contributed by atoms with Gasteiger partial charge in [-0.3, -0.25) is 4.79 Å². The first-order valence-corrected chi connectivity index (χ1v) is 8.07. The van der Waals surface area contributed by atoms with Gasteiger partial charge in [0.25, 0.3) is 5.91 Å². The number of halogens is 1. The van der Waals surface area contributed by atoms with Crippen LogP contribution in [-0.4, -0.2) is 24.5 Å². The maximum Gasteiger partial charge on any atom is 0.338 e. The van der Waals surface area contributed by atoms with E-state index in [0.717, 1.165) is 12.8 Å². The molecule has 1 aromatic rings. The van der Waals surface area contributed by atoms with Gasteiger partial charge in [0.05, 0.1) is 5.56 Å². The lowest BCUT2D eigenvalue weighted by Crippen LogP contribution is -2.45. The van der Waals surface area contributed by atoms with Gasteiger partial charge in [0.1, 0.15) is 0 Å². The summed E-state index contributed by atoms with van der Waals surface area (Å²) in [5.41, 5.74) is 0.347. The van der Waals surface area contributed by atoms with Gasteiger partial charge >= 0.3 is 5.97 Å². The van der Waals surface area contributed by atoms with Gasteiger partial charge in [0, 0.05) is 11.1 Å². The zero-order chi connectivity index (χ0) is 16.1. The summed E-state index contributed by atoms with van der Waals surface area (Å²) in [6.07, 6.45) is 3.32. The number of nitrogens with one attached hydrogen (secondary N) is 1. The molecule has 1 N–H and O–H groups in total. The van der Waals surface area contributed by atoms with E-state index in [1.807, 2.05) is 0 Å². The smallest absolute Gasteiger partial charge is 0.338 e. The number of hydrogen-bond acceptors (Lipinski definition) is 3. The molecule has 0 spiro atoms. The minimum absolute atomic E-state index is 0.168. The van der Waals surface area contributed by atoms with Crippen molar-refractivity contribution < 1.29 is 14.3 Å². The summed E-state index contributed by atoms with van der Waals surface area (Å²) < 4.78 is 5.04. The van der Waals surface area contributed by atoms with Crippen LogP contribution in [-0.2, 0) is 9.53 Å². The van der Waals surface area contributed by atoms with Crippen LogP contribution in [0.15, 0.2) is 24.3 Å². The minimum atomic E-state index is -0.539. The molecule has 1 amide bonds. The molecule has 0 unspecified atom stereocenters. The van der Waals surface area contributed by atoms with E-state index in [9.17, 15) is 9.59 Å². The second-order valence-electron chi connectivity index (χ2n) is 6.03. The van der Waals surface area contributed by atoms with Crippen molar-refractivity contribution in [3.63, 3.8) is 0 Å². The van der Waals surface area contributed by atoms with Crippen LogP contribution >= 0.6 is 11.6 Å². The Labute approximate surface area is 136 Å². The largest absolute Gasteiger partial charge is 0.452 e. The summed E-state index contributed by atoms with van der Waals surface area (Å²) in [6.45, 7) is 4.11. The van der Waals surface area contributed by atoms with Crippen LogP contribution in [0.4, 0.5) is 0 Å². The SMILES string of the molecule is C[C@H]1[C@@H](NC(=O)COC(=O)c2cccc(Cl)c2)CCC[C@@H]1C. The summed E-state index contributed by atoms with van der Waals surface area (Å²) in [4.78, 5) is 23.8. The monoisotopic (exact) mass is 323 g/mol. The van der Waals surface area contributed by atoms with Gasteiger partial charge in [-0.2, -0.15) is 0 Å². The molecule has 1 fully saturated rings. The molecule has 1 aromatic carbocycles. The predicted octanol–water partition coefficient (Wildman–Crippen LogP) is 3.44. The fraction of sp³-hybridized carbons (Fsp3) is 0.529. The molecule has 0 aliphatic heterocycles. The number of esters is 1. The van der Waals surface area contributed by atoms with Crippen LogP contribution in [0.25, 0.3) is 0 Å². The molecule has 5 heteroatoms.